The molecule has 0 atom stereocenters. The van der Waals surface area contributed by atoms with Gasteiger partial charge in [-0.2, -0.15) is 0 Å². The standard InChI is InChI=1S/C21H25FN4O2/c1-3-23-21(26-12-14-4-7-20(28-2)19(27)10-14)24-9-8-15-13-25-18-6-5-16(22)11-17(15)18/h4-7,10-11,13,25,27H,3,8-9,12H2,1-2H3,(H2,23,24,26). The Morgan fingerprint density at radius 1 is 1.21 bits per heavy atom. The van der Waals surface area contributed by atoms with E-state index in [2.05, 4.69) is 20.6 Å². The van der Waals surface area contributed by atoms with Crippen LogP contribution in [-0.2, 0) is 13.0 Å². The van der Waals surface area contributed by atoms with Crippen molar-refractivity contribution >= 4 is 16.9 Å². The molecule has 0 aliphatic heterocycles. The molecule has 4 N–H and O–H groups in total. The van der Waals surface area contributed by atoms with Gasteiger partial charge in [0.1, 0.15) is 5.82 Å². The number of aromatic amines is 1. The number of fused-ring (bicyclic) bond motifs is 1. The number of phenols is 1. The fourth-order valence-electron chi connectivity index (χ4n) is 3.02. The number of halogens is 1. The number of aromatic hydroxyl groups is 1. The third-order valence-corrected chi connectivity index (χ3v) is 4.42. The Balaban J connectivity index is 1.61. The van der Waals surface area contributed by atoms with Gasteiger partial charge in [0, 0.05) is 30.2 Å². The van der Waals surface area contributed by atoms with Gasteiger partial charge in [-0.3, -0.25) is 0 Å². The highest BCUT2D eigenvalue weighted by molar-refractivity contribution is 5.83. The van der Waals surface area contributed by atoms with Crippen LogP contribution >= 0.6 is 0 Å². The minimum Gasteiger partial charge on any atom is -0.504 e. The molecule has 2 aromatic carbocycles. The molecule has 0 amide bonds. The largest absolute Gasteiger partial charge is 0.504 e. The molecule has 0 radical (unpaired) electrons. The van der Waals surface area contributed by atoms with E-state index in [0.717, 1.165) is 35.0 Å². The molecule has 1 heterocycles. The Morgan fingerprint density at radius 2 is 2.07 bits per heavy atom. The van der Waals surface area contributed by atoms with Crippen molar-refractivity contribution in [2.24, 2.45) is 4.99 Å². The van der Waals surface area contributed by atoms with Gasteiger partial charge in [-0.1, -0.05) is 6.07 Å². The second-order valence-corrected chi connectivity index (χ2v) is 6.38. The van der Waals surface area contributed by atoms with Gasteiger partial charge in [-0.25, -0.2) is 9.38 Å². The number of ether oxygens (including phenoxy) is 1. The van der Waals surface area contributed by atoms with Crippen LogP contribution in [0.2, 0.25) is 0 Å². The Bertz CT molecular complexity index is 968. The normalized spacial score (nSPS) is 11.6. The van der Waals surface area contributed by atoms with Gasteiger partial charge in [0.05, 0.1) is 13.7 Å². The number of phenolic OH excluding ortho intramolecular Hbond substituents is 1. The van der Waals surface area contributed by atoms with E-state index in [-0.39, 0.29) is 11.6 Å². The molecule has 0 saturated carbocycles. The second kappa shape index (κ2) is 9.12. The predicted octanol–water partition coefficient (Wildman–Crippen LogP) is 3.32. The van der Waals surface area contributed by atoms with Gasteiger partial charge in [-0.15, -0.1) is 0 Å². The summed E-state index contributed by atoms with van der Waals surface area (Å²) in [5.41, 5.74) is 2.86. The first-order valence-corrected chi connectivity index (χ1v) is 9.24. The van der Waals surface area contributed by atoms with Crippen molar-refractivity contribution in [3.63, 3.8) is 0 Å². The smallest absolute Gasteiger partial charge is 0.191 e. The highest BCUT2D eigenvalue weighted by atomic mass is 19.1. The summed E-state index contributed by atoms with van der Waals surface area (Å²) >= 11 is 0. The van der Waals surface area contributed by atoms with Crippen LogP contribution in [-0.4, -0.2) is 36.2 Å². The van der Waals surface area contributed by atoms with E-state index in [1.807, 2.05) is 19.2 Å². The number of guanidine groups is 1. The van der Waals surface area contributed by atoms with Gasteiger partial charge in [0.15, 0.2) is 17.5 Å². The first-order valence-electron chi connectivity index (χ1n) is 9.24. The zero-order valence-electron chi connectivity index (χ0n) is 16.1. The van der Waals surface area contributed by atoms with Crippen LogP contribution in [0.3, 0.4) is 0 Å². The fraction of sp³-hybridized carbons (Fsp3) is 0.286. The van der Waals surface area contributed by atoms with E-state index >= 15 is 0 Å². The van der Waals surface area contributed by atoms with Gasteiger partial charge in [-0.05, 0) is 54.8 Å². The molecule has 0 spiro atoms. The molecule has 3 rings (SSSR count). The van der Waals surface area contributed by atoms with Crippen molar-refractivity contribution < 1.29 is 14.2 Å². The summed E-state index contributed by atoms with van der Waals surface area (Å²) in [6.45, 7) is 3.81. The second-order valence-electron chi connectivity index (χ2n) is 6.38. The maximum Gasteiger partial charge on any atom is 0.191 e. The number of hydrogen-bond acceptors (Lipinski definition) is 3. The molecule has 148 valence electrons. The van der Waals surface area contributed by atoms with E-state index in [1.165, 1.54) is 13.2 Å². The molecule has 3 aromatic rings. The molecule has 7 heteroatoms. The minimum absolute atomic E-state index is 0.0970. The number of H-pyrrole nitrogens is 1. The van der Waals surface area contributed by atoms with E-state index in [9.17, 15) is 9.50 Å². The maximum absolute atomic E-state index is 13.5. The molecule has 0 aliphatic rings. The maximum atomic E-state index is 13.5. The summed E-state index contributed by atoms with van der Waals surface area (Å²) in [4.78, 5) is 7.72. The van der Waals surface area contributed by atoms with Gasteiger partial charge < -0.3 is 25.5 Å². The highest BCUT2D eigenvalue weighted by Crippen LogP contribution is 2.26. The first-order chi connectivity index (χ1) is 13.6. The Kier molecular flexibility index (Phi) is 6.37. The lowest BCUT2D eigenvalue weighted by Crippen LogP contribution is -2.38. The van der Waals surface area contributed by atoms with Crippen LogP contribution in [0.15, 0.2) is 47.6 Å². The third kappa shape index (κ3) is 4.73. The predicted molar refractivity (Wildman–Crippen MR) is 109 cm³/mol. The minimum atomic E-state index is -0.237. The SMILES string of the molecule is CCNC(=NCc1ccc(OC)c(O)c1)NCCc1c[nH]c2ccc(F)cc12. The lowest BCUT2D eigenvalue weighted by Gasteiger charge is -2.11. The highest BCUT2D eigenvalue weighted by Gasteiger charge is 2.06. The molecule has 28 heavy (non-hydrogen) atoms. The number of nitrogens with zero attached hydrogens (tertiary/aromatic N) is 1. The van der Waals surface area contributed by atoms with Crippen molar-refractivity contribution in [3.8, 4) is 11.5 Å². The van der Waals surface area contributed by atoms with Crippen LogP contribution in [0, 0.1) is 5.82 Å². The summed E-state index contributed by atoms with van der Waals surface area (Å²) in [6, 6.07) is 9.98. The van der Waals surface area contributed by atoms with Crippen molar-refractivity contribution in [1.82, 2.24) is 15.6 Å². The zero-order chi connectivity index (χ0) is 19.9. The molecular formula is C21H25FN4O2. The topological polar surface area (TPSA) is 81.7 Å². The molecule has 6 nitrogen and oxygen atoms in total. The first kappa shape index (κ1) is 19.5. The van der Waals surface area contributed by atoms with Crippen molar-refractivity contribution in [1.29, 1.82) is 0 Å². The van der Waals surface area contributed by atoms with E-state index in [0.29, 0.717) is 24.8 Å². The van der Waals surface area contributed by atoms with Crippen LogP contribution in [0.1, 0.15) is 18.1 Å². The van der Waals surface area contributed by atoms with Crippen molar-refractivity contribution in [3.05, 3.63) is 59.5 Å². The van der Waals surface area contributed by atoms with Gasteiger partial charge in [0.2, 0.25) is 0 Å². The Morgan fingerprint density at radius 3 is 2.82 bits per heavy atom. The molecular weight excluding hydrogens is 359 g/mol. The lowest BCUT2D eigenvalue weighted by molar-refractivity contribution is 0.373. The van der Waals surface area contributed by atoms with E-state index < -0.39 is 0 Å². The lowest BCUT2D eigenvalue weighted by atomic mass is 10.1. The fourth-order valence-corrected chi connectivity index (χ4v) is 3.02. The molecule has 0 fully saturated rings. The molecule has 0 bridgehead atoms. The quantitative estimate of drug-likeness (QED) is 0.372. The number of rotatable bonds is 7. The zero-order valence-corrected chi connectivity index (χ0v) is 16.1. The Labute approximate surface area is 163 Å². The number of aliphatic imine (C=N–C) groups is 1. The van der Waals surface area contributed by atoms with Gasteiger partial charge in [0.25, 0.3) is 0 Å². The number of hydrogen-bond donors (Lipinski definition) is 4. The molecule has 0 unspecified atom stereocenters. The van der Waals surface area contributed by atoms with Crippen LogP contribution in [0.4, 0.5) is 4.39 Å². The van der Waals surface area contributed by atoms with E-state index in [4.69, 9.17) is 4.74 Å². The van der Waals surface area contributed by atoms with Crippen LogP contribution in [0.5, 0.6) is 11.5 Å². The summed E-state index contributed by atoms with van der Waals surface area (Å²) in [5, 5.41) is 17.3. The third-order valence-electron chi connectivity index (χ3n) is 4.42. The number of benzene rings is 2. The summed E-state index contributed by atoms with van der Waals surface area (Å²) in [7, 11) is 1.52. The molecule has 1 aromatic heterocycles. The monoisotopic (exact) mass is 384 g/mol. The van der Waals surface area contributed by atoms with E-state index in [1.54, 1.807) is 24.3 Å². The molecule has 0 aliphatic carbocycles. The summed E-state index contributed by atoms with van der Waals surface area (Å²) < 4.78 is 18.6. The van der Waals surface area contributed by atoms with Crippen molar-refractivity contribution in [2.45, 2.75) is 19.9 Å². The molecule has 0 saturated heterocycles. The van der Waals surface area contributed by atoms with Gasteiger partial charge >= 0.3 is 0 Å². The number of aromatic nitrogens is 1. The summed E-state index contributed by atoms with van der Waals surface area (Å²) in [6.07, 6.45) is 2.65. The van der Waals surface area contributed by atoms with Crippen LogP contribution in [0.25, 0.3) is 10.9 Å². The van der Waals surface area contributed by atoms with Crippen LogP contribution < -0.4 is 15.4 Å². The number of methoxy groups -OCH3 is 1. The average molecular weight is 384 g/mol. The summed E-state index contributed by atoms with van der Waals surface area (Å²) in [5.74, 6) is 0.982. The van der Waals surface area contributed by atoms with Crippen molar-refractivity contribution in [2.75, 3.05) is 20.2 Å². The number of nitrogens with one attached hydrogen (secondary N) is 3. The Hall–Kier alpha value is -3.22. The average Bonchev–Trinajstić information content (AvgIpc) is 3.08.